The summed E-state index contributed by atoms with van der Waals surface area (Å²) in [6.07, 6.45) is 0.978. The van der Waals surface area contributed by atoms with Crippen LogP contribution >= 0.6 is 0 Å². The van der Waals surface area contributed by atoms with Gasteiger partial charge in [-0.3, -0.25) is 20.4 Å². The molecule has 1 atom stereocenters. The lowest BCUT2D eigenvalue weighted by atomic mass is 9.98. The molecule has 1 unspecified atom stereocenters. The first kappa shape index (κ1) is 18.6. The van der Waals surface area contributed by atoms with Crippen LogP contribution in [0.1, 0.15) is 53.6 Å². The molecule has 0 aliphatic heterocycles. The summed E-state index contributed by atoms with van der Waals surface area (Å²) >= 11 is 0. The maximum absolute atomic E-state index is 12.0. The highest BCUT2D eigenvalue weighted by Gasteiger charge is 2.15. The summed E-state index contributed by atoms with van der Waals surface area (Å²) in [6, 6.07) is 9.27. The Bertz CT molecular complexity index is 752. The average Bonchev–Trinajstić information content (AvgIpc) is 2.95. The molecule has 0 aliphatic rings. The Morgan fingerprint density at radius 2 is 1.92 bits per heavy atom. The number of benzene rings is 1. The van der Waals surface area contributed by atoms with E-state index in [9.17, 15) is 9.59 Å². The molecule has 25 heavy (non-hydrogen) atoms. The Morgan fingerprint density at radius 1 is 1.20 bits per heavy atom. The number of aryl methyl sites for hydroxylation is 2. The molecule has 2 amide bonds. The van der Waals surface area contributed by atoms with Crippen LogP contribution in [-0.2, 0) is 4.79 Å². The van der Waals surface area contributed by atoms with Crippen molar-refractivity contribution in [1.82, 2.24) is 10.9 Å². The summed E-state index contributed by atoms with van der Waals surface area (Å²) in [7, 11) is 0. The fraction of sp³-hybridized carbons (Fsp3) is 0.368. The SMILES string of the molecule is CCC(C)c1ccccc1OCC(=O)NNC(=O)c1cc(C)oc1C. The summed E-state index contributed by atoms with van der Waals surface area (Å²) in [5, 5.41) is 0. The number of hydrogen-bond donors (Lipinski definition) is 2. The lowest BCUT2D eigenvalue weighted by Crippen LogP contribution is -2.43. The zero-order valence-corrected chi connectivity index (χ0v) is 15.0. The molecule has 0 aliphatic carbocycles. The van der Waals surface area contributed by atoms with E-state index in [1.165, 1.54) is 0 Å². The molecule has 0 saturated heterocycles. The highest BCUT2D eigenvalue weighted by Crippen LogP contribution is 2.28. The molecule has 0 saturated carbocycles. The number of nitrogens with one attached hydrogen (secondary N) is 2. The van der Waals surface area contributed by atoms with Crippen LogP contribution in [0.15, 0.2) is 34.7 Å². The third-order valence-corrected chi connectivity index (χ3v) is 4.02. The Morgan fingerprint density at radius 3 is 2.56 bits per heavy atom. The van der Waals surface area contributed by atoms with Crippen LogP contribution in [0.2, 0.25) is 0 Å². The minimum Gasteiger partial charge on any atom is -0.483 e. The number of carbonyl (C=O) groups excluding carboxylic acids is 2. The van der Waals surface area contributed by atoms with Gasteiger partial charge in [0.2, 0.25) is 0 Å². The van der Waals surface area contributed by atoms with Crippen molar-refractivity contribution in [1.29, 1.82) is 0 Å². The lowest BCUT2D eigenvalue weighted by Gasteiger charge is -2.15. The van der Waals surface area contributed by atoms with Gasteiger partial charge in [0.15, 0.2) is 6.61 Å². The molecular weight excluding hydrogens is 320 g/mol. The summed E-state index contributed by atoms with van der Waals surface area (Å²) in [5.74, 6) is 1.29. The predicted octanol–water partition coefficient (Wildman–Crippen LogP) is 3.25. The highest BCUT2D eigenvalue weighted by atomic mass is 16.5. The second-order valence-corrected chi connectivity index (χ2v) is 5.97. The molecular formula is C19H24N2O4. The first-order valence-corrected chi connectivity index (χ1v) is 8.30. The maximum atomic E-state index is 12.0. The Labute approximate surface area is 147 Å². The Kier molecular flexibility index (Phi) is 6.22. The zero-order valence-electron chi connectivity index (χ0n) is 15.0. The maximum Gasteiger partial charge on any atom is 0.276 e. The van der Waals surface area contributed by atoms with Crippen molar-refractivity contribution in [2.75, 3.05) is 6.61 Å². The quantitative estimate of drug-likeness (QED) is 0.788. The van der Waals surface area contributed by atoms with Gasteiger partial charge in [-0.1, -0.05) is 32.0 Å². The molecule has 0 radical (unpaired) electrons. The fourth-order valence-electron chi connectivity index (χ4n) is 2.47. The molecule has 1 aromatic heterocycles. The largest absolute Gasteiger partial charge is 0.483 e. The minimum atomic E-state index is -0.440. The van der Waals surface area contributed by atoms with Gasteiger partial charge >= 0.3 is 0 Å². The van der Waals surface area contributed by atoms with E-state index >= 15 is 0 Å². The van der Waals surface area contributed by atoms with Gasteiger partial charge in [0, 0.05) is 0 Å². The summed E-state index contributed by atoms with van der Waals surface area (Å²) < 4.78 is 10.9. The monoisotopic (exact) mass is 344 g/mol. The Hall–Kier alpha value is -2.76. The molecule has 1 aromatic carbocycles. The Balaban J connectivity index is 1.87. The smallest absolute Gasteiger partial charge is 0.276 e. The summed E-state index contributed by atoms with van der Waals surface area (Å²) in [4.78, 5) is 23.9. The number of hydrogen-bond acceptors (Lipinski definition) is 4. The van der Waals surface area contributed by atoms with Crippen LogP contribution in [0.3, 0.4) is 0 Å². The number of ether oxygens (including phenoxy) is 1. The number of carbonyl (C=O) groups is 2. The van der Waals surface area contributed by atoms with Gasteiger partial charge in [-0.2, -0.15) is 0 Å². The molecule has 2 N–H and O–H groups in total. The van der Waals surface area contributed by atoms with Gasteiger partial charge in [-0.05, 0) is 43.9 Å². The zero-order chi connectivity index (χ0) is 18.4. The van der Waals surface area contributed by atoms with Crippen molar-refractivity contribution in [2.45, 2.75) is 40.0 Å². The van der Waals surface area contributed by atoms with Crippen molar-refractivity contribution >= 4 is 11.8 Å². The van der Waals surface area contributed by atoms with E-state index in [0.29, 0.717) is 28.8 Å². The van der Waals surface area contributed by atoms with Crippen molar-refractivity contribution in [3.05, 3.63) is 53.0 Å². The van der Waals surface area contributed by atoms with E-state index in [0.717, 1.165) is 12.0 Å². The van der Waals surface area contributed by atoms with Crippen LogP contribution in [0.4, 0.5) is 0 Å². The molecule has 134 valence electrons. The van der Waals surface area contributed by atoms with Crippen molar-refractivity contribution in [2.24, 2.45) is 0 Å². The van der Waals surface area contributed by atoms with E-state index in [1.807, 2.05) is 24.3 Å². The van der Waals surface area contributed by atoms with Crippen molar-refractivity contribution < 1.29 is 18.7 Å². The van der Waals surface area contributed by atoms with Crippen LogP contribution in [0.5, 0.6) is 5.75 Å². The topological polar surface area (TPSA) is 80.6 Å². The van der Waals surface area contributed by atoms with Gasteiger partial charge in [-0.25, -0.2) is 0 Å². The predicted molar refractivity (Wildman–Crippen MR) is 94.4 cm³/mol. The number of rotatable bonds is 6. The average molecular weight is 344 g/mol. The number of amides is 2. The molecule has 2 rings (SSSR count). The normalized spacial score (nSPS) is 11.7. The van der Waals surface area contributed by atoms with Crippen LogP contribution in [-0.4, -0.2) is 18.4 Å². The summed E-state index contributed by atoms with van der Waals surface area (Å²) in [6.45, 7) is 7.47. The number of hydrazine groups is 1. The van der Waals surface area contributed by atoms with Gasteiger partial charge in [0.25, 0.3) is 11.8 Å². The molecule has 0 spiro atoms. The van der Waals surface area contributed by atoms with Gasteiger partial charge in [0.05, 0.1) is 5.56 Å². The van der Waals surface area contributed by atoms with E-state index < -0.39 is 11.8 Å². The van der Waals surface area contributed by atoms with Gasteiger partial charge in [0.1, 0.15) is 17.3 Å². The number of para-hydroxylation sites is 1. The molecule has 6 heteroatoms. The third-order valence-electron chi connectivity index (χ3n) is 4.02. The van der Waals surface area contributed by atoms with E-state index in [1.54, 1.807) is 19.9 Å². The fourth-order valence-corrected chi connectivity index (χ4v) is 2.47. The van der Waals surface area contributed by atoms with E-state index in [-0.39, 0.29) is 6.61 Å². The lowest BCUT2D eigenvalue weighted by molar-refractivity contribution is -0.123. The number of furan rings is 1. The second kappa shape index (κ2) is 8.37. The molecule has 1 heterocycles. The third kappa shape index (κ3) is 4.86. The first-order chi connectivity index (χ1) is 11.9. The second-order valence-electron chi connectivity index (χ2n) is 5.97. The van der Waals surface area contributed by atoms with Gasteiger partial charge < -0.3 is 9.15 Å². The van der Waals surface area contributed by atoms with E-state index in [2.05, 4.69) is 24.7 Å². The minimum absolute atomic E-state index is 0.183. The first-order valence-electron chi connectivity index (χ1n) is 8.30. The van der Waals surface area contributed by atoms with E-state index in [4.69, 9.17) is 9.15 Å². The van der Waals surface area contributed by atoms with Crippen LogP contribution in [0, 0.1) is 13.8 Å². The van der Waals surface area contributed by atoms with Crippen LogP contribution < -0.4 is 15.6 Å². The van der Waals surface area contributed by atoms with Crippen molar-refractivity contribution in [3.8, 4) is 5.75 Å². The highest BCUT2D eigenvalue weighted by molar-refractivity contribution is 5.96. The van der Waals surface area contributed by atoms with Crippen LogP contribution in [0.25, 0.3) is 0 Å². The van der Waals surface area contributed by atoms with Crippen molar-refractivity contribution in [3.63, 3.8) is 0 Å². The van der Waals surface area contributed by atoms with Gasteiger partial charge in [-0.15, -0.1) is 0 Å². The molecule has 6 nitrogen and oxygen atoms in total. The standard InChI is InChI=1S/C19H24N2O4/c1-5-12(2)15-8-6-7-9-17(15)24-11-18(22)20-21-19(23)16-10-13(3)25-14(16)4/h6-10,12H,5,11H2,1-4H3,(H,20,22)(H,21,23). The summed E-state index contributed by atoms with van der Waals surface area (Å²) in [5.41, 5.74) is 6.16. The molecule has 0 fully saturated rings. The molecule has 2 aromatic rings. The molecule has 0 bridgehead atoms.